The van der Waals surface area contributed by atoms with Gasteiger partial charge in [0.05, 0.1) is 23.7 Å². The Morgan fingerprint density at radius 1 is 1.03 bits per heavy atom. The van der Waals surface area contributed by atoms with Gasteiger partial charge in [0.2, 0.25) is 0 Å². The molecule has 0 aromatic heterocycles. The van der Waals surface area contributed by atoms with Gasteiger partial charge in [-0.15, -0.1) is 0 Å². The lowest BCUT2D eigenvalue weighted by atomic mass is 10.1. The number of piperazine rings is 1. The van der Waals surface area contributed by atoms with E-state index in [1.54, 1.807) is 28.0 Å². The highest BCUT2D eigenvalue weighted by atomic mass is 19.4. The van der Waals surface area contributed by atoms with Crippen LogP contribution in [0.3, 0.4) is 0 Å². The zero-order valence-electron chi connectivity index (χ0n) is 18.9. The first-order chi connectivity index (χ1) is 16.2. The van der Waals surface area contributed by atoms with E-state index in [2.05, 4.69) is 0 Å². The van der Waals surface area contributed by atoms with Crippen molar-refractivity contribution >= 4 is 17.3 Å². The topological polar surface area (TPSA) is 85.2 Å². The van der Waals surface area contributed by atoms with Crippen LogP contribution in [0, 0.1) is 10.1 Å². The molecule has 0 N–H and O–H groups in total. The highest BCUT2D eigenvalue weighted by Crippen LogP contribution is 2.37. The van der Waals surface area contributed by atoms with Gasteiger partial charge in [-0.25, -0.2) is 0 Å². The summed E-state index contributed by atoms with van der Waals surface area (Å²) in [5.41, 5.74) is -1.17. The number of ether oxygens (including phenoxy) is 2. The van der Waals surface area contributed by atoms with Crippen LogP contribution in [0.4, 0.5) is 24.5 Å². The summed E-state index contributed by atoms with van der Waals surface area (Å²) in [5.74, 6) is 0.796. The molecule has 0 atom stereocenters. The number of hydrogen-bond acceptors (Lipinski definition) is 6. The number of hydrogen-bond donors (Lipinski definition) is 0. The predicted molar refractivity (Wildman–Crippen MR) is 120 cm³/mol. The molecule has 0 saturated carbocycles. The Balaban J connectivity index is 1.73. The second kappa shape index (κ2) is 10.6. The number of amides is 1. The lowest BCUT2D eigenvalue weighted by Gasteiger charge is -2.36. The van der Waals surface area contributed by atoms with Crippen molar-refractivity contribution in [2.24, 2.45) is 0 Å². The molecule has 34 heavy (non-hydrogen) atoms. The summed E-state index contributed by atoms with van der Waals surface area (Å²) in [5, 5.41) is 11.4. The molecule has 1 aliphatic heterocycles. The highest BCUT2D eigenvalue weighted by Gasteiger charge is 2.34. The van der Waals surface area contributed by atoms with Crippen molar-refractivity contribution in [3.8, 4) is 11.5 Å². The van der Waals surface area contributed by atoms with Gasteiger partial charge in [-0.2, -0.15) is 13.2 Å². The Morgan fingerprint density at radius 3 is 2.32 bits per heavy atom. The monoisotopic (exact) mass is 481 g/mol. The van der Waals surface area contributed by atoms with E-state index in [0.29, 0.717) is 36.3 Å². The van der Waals surface area contributed by atoms with Gasteiger partial charge in [0.15, 0.2) is 11.5 Å². The molecule has 1 heterocycles. The van der Waals surface area contributed by atoms with Gasteiger partial charge < -0.3 is 19.3 Å². The Labute approximate surface area is 195 Å². The molecule has 11 heteroatoms. The third kappa shape index (κ3) is 5.70. The average molecular weight is 481 g/mol. The molecule has 1 fully saturated rings. The second-order valence-electron chi connectivity index (χ2n) is 7.68. The van der Waals surface area contributed by atoms with E-state index in [1.165, 1.54) is 0 Å². The summed E-state index contributed by atoms with van der Waals surface area (Å²) in [7, 11) is 0. The molecule has 0 bridgehead atoms. The van der Waals surface area contributed by atoms with Gasteiger partial charge >= 0.3 is 6.18 Å². The Hall–Kier alpha value is -3.50. The van der Waals surface area contributed by atoms with Crippen molar-refractivity contribution in [2.45, 2.75) is 26.4 Å². The molecular formula is C23H26F3N3O5. The van der Waals surface area contributed by atoms with E-state index in [-0.39, 0.29) is 37.8 Å². The first-order valence-corrected chi connectivity index (χ1v) is 10.9. The van der Waals surface area contributed by atoms with Crippen molar-refractivity contribution in [2.75, 3.05) is 44.3 Å². The second-order valence-corrected chi connectivity index (χ2v) is 7.68. The number of nitrogens with zero attached hydrogens (tertiary/aromatic N) is 3. The van der Waals surface area contributed by atoms with Crippen molar-refractivity contribution in [1.29, 1.82) is 0 Å². The van der Waals surface area contributed by atoms with Crippen LogP contribution in [-0.2, 0) is 6.18 Å². The van der Waals surface area contributed by atoms with Crippen molar-refractivity contribution in [3.63, 3.8) is 0 Å². The third-order valence-corrected chi connectivity index (χ3v) is 5.36. The van der Waals surface area contributed by atoms with Gasteiger partial charge in [0, 0.05) is 37.8 Å². The van der Waals surface area contributed by atoms with Crippen molar-refractivity contribution in [1.82, 2.24) is 4.90 Å². The quantitative estimate of drug-likeness (QED) is 0.399. The number of rotatable bonds is 8. The zero-order valence-corrected chi connectivity index (χ0v) is 18.9. The fourth-order valence-corrected chi connectivity index (χ4v) is 3.69. The minimum absolute atomic E-state index is 0.0983. The molecule has 1 saturated heterocycles. The minimum atomic E-state index is -4.67. The third-order valence-electron chi connectivity index (χ3n) is 5.36. The minimum Gasteiger partial charge on any atom is -0.490 e. The normalized spacial score (nSPS) is 14.1. The maximum atomic E-state index is 13.0. The largest absolute Gasteiger partial charge is 0.490 e. The zero-order chi connectivity index (χ0) is 24.9. The number of nitro benzene ring substituents is 1. The molecule has 0 aliphatic carbocycles. The summed E-state index contributed by atoms with van der Waals surface area (Å²) in [4.78, 5) is 26.8. The molecule has 0 spiro atoms. The summed E-state index contributed by atoms with van der Waals surface area (Å²) in [6.07, 6.45) is -3.85. The van der Waals surface area contributed by atoms with Crippen molar-refractivity contribution < 1.29 is 32.4 Å². The maximum Gasteiger partial charge on any atom is 0.416 e. The Bertz CT molecular complexity index is 1040. The van der Waals surface area contributed by atoms with Crippen LogP contribution < -0.4 is 14.4 Å². The summed E-state index contributed by atoms with van der Waals surface area (Å²) in [6, 6.07) is 7.46. The van der Waals surface area contributed by atoms with Gasteiger partial charge in [-0.1, -0.05) is 6.92 Å². The number of alkyl halides is 3. The molecule has 3 rings (SSSR count). The fraction of sp³-hybridized carbons (Fsp3) is 0.435. The molecule has 8 nitrogen and oxygen atoms in total. The van der Waals surface area contributed by atoms with Gasteiger partial charge in [-0.3, -0.25) is 14.9 Å². The van der Waals surface area contributed by atoms with Crippen LogP contribution in [0.1, 0.15) is 36.2 Å². The van der Waals surface area contributed by atoms with Crippen LogP contribution in [0.5, 0.6) is 11.5 Å². The number of nitro groups is 1. The van der Waals surface area contributed by atoms with E-state index in [1.807, 2.05) is 13.8 Å². The van der Waals surface area contributed by atoms with E-state index >= 15 is 0 Å². The van der Waals surface area contributed by atoms with E-state index < -0.39 is 22.4 Å². The Morgan fingerprint density at radius 2 is 1.74 bits per heavy atom. The van der Waals surface area contributed by atoms with E-state index in [4.69, 9.17) is 9.47 Å². The highest BCUT2D eigenvalue weighted by molar-refractivity contribution is 5.95. The molecule has 0 unspecified atom stereocenters. The number of anilines is 1. The number of halogens is 3. The van der Waals surface area contributed by atoms with Crippen LogP contribution >= 0.6 is 0 Å². The fourth-order valence-electron chi connectivity index (χ4n) is 3.69. The molecule has 2 aromatic carbocycles. The van der Waals surface area contributed by atoms with E-state index in [9.17, 15) is 28.1 Å². The molecule has 1 amide bonds. The maximum absolute atomic E-state index is 13.0. The lowest BCUT2D eigenvalue weighted by Crippen LogP contribution is -2.49. The molecule has 0 radical (unpaired) electrons. The van der Waals surface area contributed by atoms with Crippen LogP contribution in [0.15, 0.2) is 36.4 Å². The van der Waals surface area contributed by atoms with Gasteiger partial charge in [0.25, 0.3) is 11.6 Å². The molecule has 184 valence electrons. The van der Waals surface area contributed by atoms with Crippen LogP contribution in [-0.4, -0.2) is 55.1 Å². The van der Waals surface area contributed by atoms with E-state index in [0.717, 1.165) is 18.6 Å². The smallest absolute Gasteiger partial charge is 0.416 e. The van der Waals surface area contributed by atoms with Gasteiger partial charge in [0.1, 0.15) is 5.69 Å². The number of carbonyl (C=O) groups is 1. The summed E-state index contributed by atoms with van der Waals surface area (Å²) < 4.78 is 50.2. The lowest BCUT2D eigenvalue weighted by molar-refractivity contribution is -0.384. The first kappa shape index (κ1) is 25.1. The SMILES string of the molecule is CCCOc1ccc(C(=O)N2CCN(c3ccc(C(F)(F)F)cc3[N+](=O)[O-])CC2)cc1OCC. The first-order valence-electron chi connectivity index (χ1n) is 10.9. The standard InChI is InChI=1S/C23H26F3N3O5/c1-3-13-34-20-8-5-16(14-21(20)33-4-2)22(30)28-11-9-27(10-12-28)18-7-6-17(23(24,25)26)15-19(18)29(31)32/h5-8,14-15H,3-4,9-13H2,1-2H3. The summed E-state index contributed by atoms with van der Waals surface area (Å²) >= 11 is 0. The van der Waals surface area contributed by atoms with Crippen LogP contribution in [0.2, 0.25) is 0 Å². The molecule has 2 aromatic rings. The number of carbonyl (C=O) groups excluding carboxylic acids is 1. The summed E-state index contributed by atoms with van der Waals surface area (Å²) in [6.45, 7) is 5.75. The van der Waals surface area contributed by atoms with Gasteiger partial charge in [-0.05, 0) is 43.7 Å². The average Bonchev–Trinajstić information content (AvgIpc) is 2.82. The Kier molecular flexibility index (Phi) is 7.85. The number of benzene rings is 2. The molecular weight excluding hydrogens is 455 g/mol. The van der Waals surface area contributed by atoms with Crippen molar-refractivity contribution in [3.05, 3.63) is 57.6 Å². The predicted octanol–water partition coefficient (Wildman–Crippen LogP) is 4.76. The molecule has 1 aliphatic rings. The van der Waals surface area contributed by atoms with Crippen LogP contribution in [0.25, 0.3) is 0 Å².